The van der Waals surface area contributed by atoms with E-state index in [-0.39, 0.29) is 11.6 Å². The van der Waals surface area contributed by atoms with Crippen molar-refractivity contribution in [3.05, 3.63) is 24.0 Å². The first-order valence-electron chi connectivity index (χ1n) is 7.49. The molecular formula is C16H27N3O. The number of hydrogen-bond acceptors (Lipinski definition) is 4. The van der Waals surface area contributed by atoms with E-state index in [1.165, 1.54) is 32.1 Å². The van der Waals surface area contributed by atoms with Crippen molar-refractivity contribution in [2.75, 3.05) is 28.3 Å². The van der Waals surface area contributed by atoms with Crippen molar-refractivity contribution >= 4 is 0 Å². The molecule has 0 spiro atoms. The number of likely N-dealkylation sites (N-methyl/N-ethyl adjacent to an activating group) is 2. The summed E-state index contributed by atoms with van der Waals surface area (Å²) in [5.74, 6) is 0.874. The van der Waals surface area contributed by atoms with E-state index in [1.807, 2.05) is 25.4 Å². The normalized spacial score (nSPS) is 19.9. The van der Waals surface area contributed by atoms with Gasteiger partial charge in [-0.15, -0.1) is 0 Å². The van der Waals surface area contributed by atoms with Crippen molar-refractivity contribution < 1.29 is 4.74 Å². The van der Waals surface area contributed by atoms with Crippen molar-refractivity contribution in [2.45, 2.75) is 43.7 Å². The lowest BCUT2D eigenvalue weighted by molar-refractivity contribution is 0.0568. The Morgan fingerprint density at radius 3 is 2.55 bits per heavy atom. The maximum atomic E-state index is 5.52. The first kappa shape index (κ1) is 15.3. The van der Waals surface area contributed by atoms with Gasteiger partial charge in [0.15, 0.2) is 0 Å². The molecule has 1 aliphatic carbocycles. The van der Waals surface area contributed by atoms with Crippen LogP contribution < -0.4 is 10.1 Å². The summed E-state index contributed by atoms with van der Waals surface area (Å²) in [6, 6.07) is 4.12. The number of ether oxygens (including phenoxy) is 1. The molecule has 1 N–H and O–H groups in total. The Morgan fingerprint density at radius 2 is 2.00 bits per heavy atom. The van der Waals surface area contributed by atoms with Crippen LogP contribution in [-0.2, 0) is 0 Å². The number of methoxy groups -OCH3 is 1. The van der Waals surface area contributed by atoms with Gasteiger partial charge in [0.2, 0.25) is 0 Å². The number of rotatable bonds is 5. The third-order valence-electron chi connectivity index (χ3n) is 4.73. The molecule has 0 aliphatic heterocycles. The van der Waals surface area contributed by atoms with E-state index in [2.05, 4.69) is 29.3 Å². The van der Waals surface area contributed by atoms with Crippen LogP contribution in [0.4, 0.5) is 0 Å². The first-order chi connectivity index (χ1) is 9.65. The van der Waals surface area contributed by atoms with Crippen LogP contribution in [0.15, 0.2) is 18.3 Å². The van der Waals surface area contributed by atoms with Gasteiger partial charge in [-0.25, -0.2) is 0 Å². The van der Waals surface area contributed by atoms with Crippen LogP contribution in [0.2, 0.25) is 0 Å². The standard InChI is InChI=1S/C16H27N3O/c1-17-15(14-13(20-4)9-8-12-18-14)16(19(2)3)10-6-5-7-11-16/h8-9,12,15,17H,5-7,10-11H2,1-4H3. The second-order valence-electron chi connectivity index (χ2n) is 5.87. The Labute approximate surface area is 122 Å². The van der Waals surface area contributed by atoms with Crippen molar-refractivity contribution in [1.29, 1.82) is 0 Å². The number of hydrogen-bond donors (Lipinski definition) is 1. The highest BCUT2D eigenvalue weighted by molar-refractivity contribution is 5.32. The lowest BCUT2D eigenvalue weighted by Crippen LogP contribution is -2.54. The number of aromatic nitrogens is 1. The van der Waals surface area contributed by atoms with Gasteiger partial charge in [0.1, 0.15) is 11.4 Å². The average molecular weight is 277 g/mol. The maximum absolute atomic E-state index is 5.52. The monoisotopic (exact) mass is 277 g/mol. The molecule has 2 rings (SSSR count). The lowest BCUT2D eigenvalue weighted by Gasteiger charge is -2.48. The van der Waals surface area contributed by atoms with E-state index in [0.717, 1.165) is 11.4 Å². The smallest absolute Gasteiger partial charge is 0.142 e. The Kier molecular flexibility index (Phi) is 5.00. The maximum Gasteiger partial charge on any atom is 0.142 e. The van der Waals surface area contributed by atoms with Gasteiger partial charge in [0, 0.05) is 11.7 Å². The molecular weight excluding hydrogens is 250 g/mol. The molecule has 4 nitrogen and oxygen atoms in total. The predicted octanol–water partition coefficient (Wildman–Crippen LogP) is 2.62. The van der Waals surface area contributed by atoms with Crippen LogP contribution >= 0.6 is 0 Å². The van der Waals surface area contributed by atoms with Gasteiger partial charge in [-0.05, 0) is 46.1 Å². The fraction of sp³-hybridized carbons (Fsp3) is 0.688. The van der Waals surface area contributed by atoms with Crippen LogP contribution in [0.25, 0.3) is 0 Å². The van der Waals surface area contributed by atoms with E-state index in [9.17, 15) is 0 Å². The zero-order chi connectivity index (χ0) is 14.6. The Hall–Kier alpha value is -1.13. The first-order valence-corrected chi connectivity index (χ1v) is 7.49. The molecule has 1 saturated carbocycles. The van der Waals surface area contributed by atoms with Crippen molar-refractivity contribution in [1.82, 2.24) is 15.2 Å². The van der Waals surface area contributed by atoms with Crippen molar-refractivity contribution in [2.24, 2.45) is 0 Å². The summed E-state index contributed by atoms with van der Waals surface area (Å²) in [4.78, 5) is 6.99. The second kappa shape index (κ2) is 6.55. The minimum Gasteiger partial charge on any atom is -0.495 e. The molecule has 1 aromatic heterocycles. The molecule has 4 heteroatoms. The van der Waals surface area contributed by atoms with Crippen LogP contribution in [0.5, 0.6) is 5.75 Å². The predicted molar refractivity (Wildman–Crippen MR) is 82.1 cm³/mol. The molecule has 1 unspecified atom stereocenters. The number of nitrogens with one attached hydrogen (secondary N) is 1. The van der Waals surface area contributed by atoms with Crippen LogP contribution in [0.3, 0.4) is 0 Å². The zero-order valence-electron chi connectivity index (χ0n) is 13.1. The molecule has 0 saturated heterocycles. The Morgan fingerprint density at radius 1 is 1.30 bits per heavy atom. The molecule has 0 radical (unpaired) electrons. The van der Waals surface area contributed by atoms with Gasteiger partial charge in [-0.2, -0.15) is 0 Å². The minimum atomic E-state index is 0.120. The lowest BCUT2D eigenvalue weighted by atomic mass is 9.74. The van der Waals surface area contributed by atoms with Gasteiger partial charge in [-0.1, -0.05) is 19.3 Å². The average Bonchev–Trinajstić information content (AvgIpc) is 2.49. The largest absolute Gasteiger partial charge is 0.495 e. The van der Waals surface area contributed by atoms with Gasteiger partial charge in [0.25, 0.3) is 0 Å². The van der Waals surface area contributed by atoms with E-state index in [0.29, 0.717) is 0 Å². The summed E-state index contributed by atoms with van der Waals surface area (Å²) in [6.07, 6.45) is 8.16. The fourth-order valence-electron chi connectivity index (χ4n) is 3.61. The highest BCUT2D eigenvalue weighted by Crippen LogP contribution is 2.43. The summed E-state index contributed by atoms with van der Waals surface area (Å²) in [6.45, 7) is 0. The Balaban J connectivity index is 2.43. The molecule has 20 heavy (non-hydrogen) atoms. The van der Waals surface area contributed by atoms with E-state index in [4.69, 9.17) is 4.74 Å². The third kappa shape index (κ3) is 2.67. The zero-order valence-corrected chi connectivity index (χ0v) is 13.1. The van der Waals surface area contributed by atoms with E-state index in [1.54, 1.807) is 7.11 Å². The SMILES string of the molecule is CNC(c1ncccc1OC)C1(N(C)C)CCCCC1. The summed E-state index contributed by atoms with van der Waals surface area (Å²) < 4.78 is 5.52. The quantitative estimate of drug-likeness (QED) is 0.898. The molecule has 1 heterocycles. The van der Waals surface area contributed by atoms with E-state index >= 15 is 0 Å². The highest BCUT2D eigenvalue weighted by atomic mass is 16.5. The van der Waals surface area contributed by atoms with E-state index < -0.39 is 0 Å². The number of pyridine rings is 1. The van der Waals surface area contributed by atoms with Crippen LogP contribution in [-0.4, -0.2) is 43.7 Å². The van der Waals surface area contributed by atoms with Crippen LogP contribution in [0.1, 0.15) is 43.8 Å². The summed E-state index contributed by atoms with van der Waals surface area (Å²) >= 11 is 0. The summed E-state index contributed by atoms with van der Waals surface area (Å²) in [7, 11) is 8.12. The van der Waals surface area contributed by atoms with Crippen molar-refractivity contribution in [3.8, 4) is 5.75 Å². The second-order valence-corrected chi connectivity index (χ2v) is 5.87. The van der Waals surface area contributed by atoms with Crippen LogP contribution in [0, 0.1) is 0 Å². The third-order valence-corrected chi connectivity index (χ3v) is 4.73. The molecule has 0 bridgehead atoms. The molecule has 1 aromatic rings. The molecule has 1 aliphatic rings. The molecule has 112 valence electrons. The highest BCUT2D eigenvalue weighted by Gasteiger charge is 2.43. The summed E-state index contributed by atoms with van der Waals surface area (Å²) in [5, 5.41) is 3.50. The molecule has 1 atom stereocenters. The van der Waals surface area contributed by atoms with Gasteiger partial charge in [0.05, 0.1) is 13.2 Å². The minimum absolute atomic E-state index is 0.120. The summed E-state index contributed by atoms with van der Waals surface area (Å²) in [5.41, 5.74) is 1.14. The topological polar surface area (TPSA) is 37.4 Å². The Bertz CT molecular complexity index is 427. The van der Waals surface area contributed by atoms with Gasteiger partial charge >= 0.3 is 0 Å². The van der Waals surface area contributed by atoms with Crippen molar-refractivity contribution in [3.63, 3.8) is 0 Å². The molecule has 0 aromatic carbocycles. The number of nitrogens with zero attached hydrogens (tertiary/aromatic N) is 2. The van der Waals surface area contributed by atoms with Gasteiger partial charge < -0.3 is 15.0 Å². The molecule has 0 amide bonds. The molecule has 1 fully saturated rings. The fourth-order valence-corrected chi connectivity index (χ4v) is 3.61. The van der Waals surface area contributed by atoms with Gasteiger partial charge in [-0.3, -0.25) is 4.98 Å².